The van der Waals surface area contributed by atoms with Crippen LogP contribution in [0, 0.1) is 5.41 Å². The number of amidine groups is 1. The van der Waals surface area contributed by atoms with Crippen molar-refractivity contribution in [3.8, 4) is 0 Å². The molecule has 1 unspecified atom stereocenters. The van der Waals surface area contributed by atoms with Crippen molar-refractivity contribution in [2.75, 3.05) is 32.7 Å². The molecule has 0 spiro atoms. The maximum absolute atomic E-state index is 7.58. The fraction of sp³-hybridized carbons (Fsp3) is 0.462. The van der Waals surface area contributed by atoms with Gasteiger partial charge in [-0.2, -0.15) is 0 Å². The number of nitrogens with zero attached hydrogens (tertiary/aromatic N) is 2. The van der Waals surface area contributed by atoms with E-state index in [0.717, 1.165) is 37.6 Å². The summed E-state index contributed by atoms with van der Waals surface area (Å²) < 4.78 is 0. The van der Waals surface area contributed by atoms with Crippen LogP contribution in [-0.2, 0) is 0 Å². The quantitative estimate of drug-likeness (QED) is 0.273. The van der Waals surface area contributed by atoms with Crippen LogP contribution in [0.15, 0.2) is 35.3 Å². The highest BCUT2D eigenvalue weighted by Gasteiger charge is 2.17. The van der Waals surface area contributed by atoms with Gasteiger partial charge in [0.25, 0.3) is 0 Å². The van der Waals surface area contributed by atoms with Gasteiger partial charge in [0.2, 0.25) is 0 Å². The Hall–Kier alpha value is -0.570. The van der Waals surface area contributed by atoms with Gasteiger partial charge in [-0.15, -0.1) is 12.6 Å². The summed E-state index contributed by atoms with van der Waals surface area (Å²) in [7, 11) is 2.46. The van der Waals surface area contributed by atoms with Gasteiger partial charge in [0, 0.05) is 32.7 Å². The number of allylic oxidation sites excluding steroid dienone is 3. The fourth-order valence-electron chi connectivity index (χ4n) is 1.86. The monoisotopic (exact) mass is 283 g/mol. The first-order valence-electron chi connectivity index (χ1n) is 6.03. The molecule has 1 heterocycles. The lowest BCUT2D eigenvalue weighted by molar-refractivity contribution is 0.197. The van der Waals surface area contributed by atoms with Gasteiger partial charge in [-0.25, -0.2) is 0 Å². The van der Waals surface area contributed by atoms with Crippen molar-refractivity contribution in [2.24, 2.45) is 0 Å². The number of hydrogen-bond donors (Lipinski definition) is 2. The molecule has 1 fully saturated rings. The Morgan fingerprint density at radius 2 is 2.00 bits per heavy atom. The average Bonchev–Trinajstić information content (AvgIpc) is 2.34. The highest BCUT2D eigenvalue weighted by Crippen LogP contribution is 2.14. The molecule has 0 radical (unpaired) electrons. The van der Waals surface area contributed by atoms with Crippen LogP contribution in [0.1, 0.15) is 6.92 Å². The van der Waals surface area contributed by atoms with E-state index in [1.165, 1.54) is 5.57 Å². The Balaban J connectivity index is 2.53. The summed E-state index contributed by atoms with van der Waals surface area (Å²) in [6, 6.07) is 0. The zero-order valence-corrected chi connectivity index (χ0v) is 12.9. The summed E-state index contributed by atoms with van der Waals surface area (Å²) in [5.74, 6) is 0. The van der Waals surface area contributed by atoms with E-state index < -0.39 is 0 Å². The van der Waals surface area contributed by atoms with Gasteiger partial charge in [0.05, 0.1) is 0 Å². The summed E-state index contributed by atoms with van der Waals surface area (Å²) in [4.78, 5) is 5.53. The Labute approximate surface area is 118 Å². The first-order chi connectivity index (χ1) is 8.54. The molecule has 100 valence electrons. The van der Waals surface area contributed by atoms with Gasteiger partial charge >= 0.3 is 0 Å². The molecule has 0 saturated carbocycles. The topological polar surface area (TPSA) is 30.3 Å². The smallest absolute Gasteiger partial charge is 0.113 e. The maximum atomic E-state index is 7.58. The standard InChI is InChI=1S/C13H22N3PS/c1-3-4-5-12(11(2)18)10-15-6-8-16(9-7-15)13(14)17/h3-5,14,18H,1,6-10,17H2,2H3/b5-4-,12-11-,14-13?. The molecule has 3 nitrogen and oxygen atoms in total. The predicted molar refractivity (Wildman–Crippen MR) is 86.5 cm³/mol. The van der Waals surface area contributed by atoms with E-state index in [2.05, 4.69) is 44.3 Å². The zero-order chi connectivity index (χ0) is 13.5. The molecule has 18 heavy (non-hydrogen) atoms. The largest absolute Gasteiger partial charge is 0.355 e. The minimum absolute atomic E-state index is 0.586. The van der Waals surface area contributed by atoms with E-state index in [9.17, 15) is 0 Å². The molecule has 1 aliphatic rings. The van der Waals surface area contributed by atoms with Crippen LogP contribution in [-0.4, -0.2) is 48.1 Å². The summed E-state index contributed by atoms with van der Waals surface area (Å²) in [5, 5.41) is 7.58. The number of piperazine rings is 1. The number of hydrogen-bond acceptors (Lipinski definition) is 3. The molecule has 0 aromatic carbocycles. The van der Waals surface area contributed by atoms with Crippen molar-refractivity contribution < 1.29 is 0 Å². The number of nitrogens with one attached hydrogen (secondary N) is 1. The van der Waals surface area contributed by atoms with Crippen LogP contribution in [0.3, 0.4) is 0 Å². The summed E-state index contributed by atoms with van der Waals surface area (Å²) in [6.07, 6.45) is 5.80. The predicted octanol–water partition coefficient (Wildman–Crippen LogP) is 2.36. The number of thiol groups is 1. The Kier molecular flexibility index (Phi) is 6.69. The lowest BCUT2D eigenvalue weighted by Crippen LogP contribution is -2.47. The molecule has 1 rings (SSSR count). The molecule has 1 atom stereocenters. The van der Waals surface area contributed by atoms with Crippen molar-refractivity contribution in [1.82, 2.24) is 9.80 Å². The minimum atomic E-state index is 0.586. The normalized spacial score (nSPS) is 18.9. The van der Waals surface area contributed by atoms with Crippen molar-refractivity contribution in [2.45, 2.75) is 6.92 Å². The van der Waals surface area contributed by atoms with E-state index in [1.54, 1.807) is 6.08 Å². The molecule has 1 aliphatic heterocycles. The Bertz CT molecular complexity index is 364. The summed E-state index contributed by atoms with van der Waals surface area (Å²) in [6.45, 7) is 10.4. The van der Waals surface area contributed by atoms with Crippen molar-refractivity contribution in [3.05, 3.63) is 35.3 Å². The zero-order valence-electron chi connectivity index (χ0n) is 10.9. The van der Waals surface area contributed by atoms with E-state index >= 15 is 0 Å². The molecular weight excluding hydrogens is 261 g/mol. The second-order valence-corrected chi connectivity index (χ2v) is 5.57. The van der Waals surface area contributed by atoms with Crippen LogP contribution in [0.25, 0.3) is 0 Å². The minimum Gasteiger partial charge on any atom is -0.355 e. The molecule has 1 N–H and O–H groups in total. The van der Waals surface area contributed by atoms with Crippen molar-refractivity contribution in [3.63, 3.8) is 0 Å². The third kappa shape index (κ3) is 4.97. The highest BCUT2D eigenvalue weighted by atomic mass is 32.1. The van der Waals surface area contributed by atoms with Gasteiger partial charge in [-0.3, -0.25) is 10.3 Å². The third-order valence-corrected chi connectivity index (χ3v) is 3.66. The first kappa shape index (κ1) is 15.5. The van der Waals surface area contributed by atoms with E-state index in [-0.39, 0.29) is 0 Å². The van der Waals surface area contributed by atoms with Crippen molar-refractivity contribution >= 4 is 27.4 Å². The van der Waals surface area contributed by atoms with Crippen LogP contribution >= 0.6 is 21.9 Å². The first-order valence-corrected chi connectivity index (χ1v) is 7.06. The fourth-order valence-corrected chi connectivity index (χ4v) is 2.26. The van der Waals surface area contributed by atoms with Crippen molar-refractivity contribution in [1.29, 1.82) is 5.41 Å². The molecule has 0 aromatic heterocycles. The van der Waals surface area contributed by atoms with Crippen LogP contribution in [0.4, 0.5) is 0 Å². The summed E-state index contributed by atoms with van der Waals surface area (Å²) in [5.41, 5.74) is 1.81. The Morgan fingerprint density at radius 3 is 2.44 bits per heavy atom. The van der Waals surface area contributed by atoms with Gasteiger partial charge in [-0.1, -0.05) is 34.0 Å². The van der Waals surface area contributed by atoms with Crippen LogP contribution in [0.2, 0.25) is 0 Å². The lowest BCUT2D eigenvalue weighted by atomic mass is 10.2. The van der Waals surface area contributed by atoms with E-state index in [0.29, 0.717) is 5.58 Å². The van der Waals surface area contributed by atoms with E-state index in [4.69, 9.17) is 5.41 Å². The van der Waals surface area contributed by atoms with Crippen LogP contribution in [0.5, 0.6) is 0 Å². The highest BCUT2D eigenvalue weighted by molar-refractivity contribution is 7.84. The average molecular weight is 283 g/mol. The van der Waals surface area contributed by atoms with Gasteiger partial charge < -0.3 is 4.90 Å². The molecule has 0 aliphatic carbocycles. The second kappa shape index (κ2) is 7.78. The molecule has 0 amide bonds. The van der Waals surface area contributed by atoms with Crippen LogP contribution < -0.4 is 0 Å². The Morgan fingerprint density at radius 1 is 1.39 bits per heavy atom. The number of rotatable bonds is 4. The maximum Gasteiger partial charge on any atom is 0.113 e. The molecule has 0 bridgehead atoms. The van der Waals surface area contributed by atoms with Gasteiger partial charge in [0.1, 0.15) is 5.58 Å². The molecule has 1 saturated heterocycles. The van der Waals surface area contributed by atoms with Gasteiger partial charge in [-0.05, 0) is 17.4 Å². The molecule has 0 aromatic rings. The van der Waals surface area contributed by atoms with E-state index in [1.807, 2.05) is 13.0 Å². The molecule has 5 heteroatoms. The summed E-state index contributed by atoms with van der Waals surface area (Å²) >= 11 is 4.44. The SMILES string of the molecule is C=C/C=C\C(CN1CCN(C(=N)P)CC1)=C(/C)S. The lowest BCUT2D eigenvalue weighted by Gasteiger charge is -2.35. The van der Waals surface area contributed by atoms with Gasteiger partial charge in [0.15, 0.2) is 0 Å². The molecular formula is C13H22N3PS. The third-order valence-electron chi connectivity index (χ3n) is 3.01. The second-order valence-electron chi connectivity index (χ2n) is 4.35.